The van der Waals surface area contributed by atoms with Crippen molar-refractivity contribution < 1.29 is 41.1 Å². The molecule has 13 heteroatoms. The van der Waals surface area contributed by atoms with Gasteiger partial charge in [0.2, 0.25) is 10.0 Å². The Morgan fingerprint density at radius 1 is 1.17 bits per heavy atom. The predicted molar refractivity (Wildman–Crippen MR) is 125 cm³/mol. The Bertz CT molecular complexity index is 1130. The van der Waals surface area contributed by atoms with E-state index in [1.807, 2.05) is 4.90 Å². The maximum absolute atomic E-state index is 12.7. The van der Waals surface area contributed by atoms with Crippen LogP contribution in [0.3, 0.4) is 0 Å². The SMILES string of the molecule is COC[C@H]1CCCN1[C@@H](CN(c1ccc(Oc2ccc(C(F)(F)F)cc2)cc1)S(C)(=O)=O)C(=O)NO. The van der Waals surface area contributed by atoms with Gasteiger partial charge >= 0.3 is 6.18 Å². The summed E-state index contributed by atoms with van der Waals surface area (Å²) in [4.78, 5) is 14.3. The molecule has 2 aromatic rings. The molecule has 1 heterocycles. The number of nitrogens with one attached hydrogen (secondary N) is 1. The molecule has 0 bridgehead atoms. The number of hydroxylamine groups is 1. The molecule has 36 heavy (non-hydrogen) atoms. The van der Waals surface area contributed by atoms with Crippen LogP contribution >= 0.6 is 0 Å². The molecule has 0 unspecified atom stereocenters. The maximum Gasteiger partial charge on any atom is 0.416 e. The van der Waals surface area contributed by atoms with Crippen LogP contribution < -0.4 is 14.5 Å². The van der Waals surface area contributed by atoms with Gasteiger partial charge in [-0.2, -0.15) is 13.2 Å². The van der Waals surface area contributed by atoms with E-state index in [9.17, 15) is 31.6 Å². The van der Waals surface area contributed by atoms with Crippen molar-refractivity contribution >= 4 is 21.6 Å². The summed E-state index contributed by atoms with van der Waals surface area (Å²) in [5.41, 5.74) is 1.07. The van der Waals surface area contributed by atoms with Crippen LogP contribution in [0.2, 0.25) is 0 Å². The van der Waals surface area contributed by atoms with Crippen LogP contribution in [-0.4, -0.2) is 69.6 Å². The molecule has 2 N–H and O–H groups in total. The average molecular weight is 532 g/mol. The summed E-state index contributed by atoms with van der Waals surface area (Å²) >= 11 is 0. The lowest BCUT2D eigenvalue weighted by Gasteiger charge is -2.35. The van der Waals surface area contributed by atoms with Gasteiger partial charge in [0.25, 0.3) is 5.91 Å². The van der Waals surface area contributed by atoms with Crippen molar-refractivity contribution in [2.45, 2.75) is 31.1 Å². The number of hydrogen-bond acceptors (Lipinski definition) is 7. The number of hydrogen-bond donors (Lipinski definition) is 2. The second kappa shape index (κ2) is 11.5. The molecule has 1 amide bonds. The van der Waals surface area contributed by atoms with Crippen LogP contribution in [0.25, 0.3) is 0 Å². The lowest BCUT2D eigenvalue weighted by molar-refractivity contribution is -0.137. The standard InChI is InChI=1S/C23H28F3N3O6S/c1-34-15-18-4-3-13-28(18)21(22(30)27-31)14-29(36(2,32)33)17-7-11-20(12-8-17)35-19-9-5-16(6-10-19)23(24,25)26/h5-12,18,21,31H,3-4,13-15H2,1-2H3,(H,27,30)/t18-,21+/m1/s1. The van der Waals surface area contributed by atoms with Crippen molar-refractivity contribution in [2.75, 3.05) is 37.4 Å². The van der Waals surface area contributed by atoms with Crippen molar-refractivity contribution in [1.82, 2.24) is 10.4 Å². The van der Waals surface area contributed by atoms with Gasteiger partial charge in [-0.3, -0.25) is 19.2 Å². The number of benzene rings is 2. The highest BCUT2D eigenvalue weighted by Crippen LogP contribution is 2.32. The number of halogens is 3. The molecule has 0 spiro atoms. The number of alkyl halides is 3. The van der Waals surface area contributed by atoms with E-state index in [4.69, 9.17) is 9.47 Å². The van der Waals surface area contributed by atoms with E-state index in [-0.39, 0.29) is 29.8 Å². The van der Waals surface area contributed by atoms with Crippen LogP contribution in [0.4, 0.5) is 18.9 Å². The fourth-order valence-corrected chi connectivity index (χ4v) is 5.09. The van der Waals surface area contributed by atoms with Gasteiger partial charge in [0, 0.05) is 13.2 Å². The smallest absolute Gasteiger partial charge is 0.416 e. The van der Waals surface area contributed by atoms with Crippen molar-refractivity contribution in [3.05, 3.63) is 54.1 Å². The highest BCUT2D eigenvalue weighted by molar-refractivity contribution is 7.92. The number of anilines is 1. The first-order valence-electron chi connectivity index (χ1n) is 11.1. The fourth-order valence-electron chi connectivity index (χ4n) is 4.17. The van der Waals surface area contributed by atoms with Gasteiger partial charge in [-0.15, -0.1) is 0 Å². The number of likely N-dealkylation sites (tertiary alicyclic amines) is 1. The molecule has 2 aromatic carbocycles. The molecule has 1 saturated heterocycles. The molecule has 9 nitrogen and oxygen atoms in total. The third kappa shape index (κ3) is 6.87. The molecule has 0 radical (unpaired) electrons. The minimum Gasteiger partial charge on any atom is -0.457 e. The zero-order chi connectivity index (χ0) is 26.5. The monoisotopic (exact) mass is 531 g/mol. The second-order valence-electron chi connectivity index (χ2n) is 8.39. The minimum atomic E-state index is -4.46. The first-order valence-corrected chi connectivity index (χ1v) is 12.9. The Morgan fingerprint density at radius 3 is 2.25 bits per heavy atom. The van der Waals surface area contributed by atoms with E-state index in [0.717, 1.165) is 35.5 Å². The summed E-state index contributed by atoms with van der Waals surface area (Å²) in [6.45, 7) is 0.623. The maximum atomic E-state index is 12.7. The molecule has 1 aliphatic heterocycles. The Labute approximate surface area is 207 Å². The van der Waals surface area contributed by atoms with Crippen molar-refractivity contribution in [2.24, 2.45) is 0 Å². The first-order chi connectivity index (χ1) is 16.9. The number of carbonyl (C=O) groups is 1. The quantitative estimate of drug-likeness (QED) is 0.358. The first kappa shape index (κ1) is 27.7. The third-order valence-corrected chi connectivity index (χ3v) is 7.04. The molecule has 2 atom stereocenters. The zero-order valence-electron chi connectivity index (χ0n) is 19.7. The second-order valence-corrected chi connectivity index (χ2v) is 10.3. The largest absolute Gasteiger partial charge is 0.457 e. The van der Waals surface area contributed by atoms with Crippen LogP contribution in [0.1, 0.15) is 18.4 Å². The predicted octanol–water partition coefficient (Wildman–Crippen LogP) is 3.25. The third-order valence-electron chi connectivity index (χ3n) is 5.88. The van der Waals surface area contributed by atoms with Gasteiger partial charge in [0.05, 0.1) is 30.7 Å². The van der Waals surface area contributed by atoms with Gasteiger partial charge < -0.3 is 9.47 Å². The van der Waals surface area contributed by atoms with E-state index in [0.29, 0.717) is 13.2 Å². The molecule has 0 aromatic heterocycles. The summed E-state index contributed by atoms with van der Waals surface area (Å²) in [6.07, 6.45) is -1.90. The average Bonchev–Trinajstić information content (AvgIpc) is 3.27. The summed E-state index contributed by atoms with van der Waals surface area (Å²) in [7, 11) is -2.30. The Hall–Kier alpha value is -2.87. The van der Waals surface area contributed by atoms with Crippen LogP contribution in [0.15, 0.2) is 48.5 Å². The number of sulfonamides is 1. The molecular weight excluding hydrogens is 503 g/mol. The number of methoxy groups -OCH3 is 1. The number of nitrogens with zero attached hydrogens (tertiary/aromatic N) is 2. The van der Waals surface area contributed by atoms with Crippen molar-refractivity contribution in [1.29, 1.82) is 0 Å². The zero-order valence-corrected chi connectivity index (χ0v) is 20.6. The van der Waals surface area contributed by atoms with E-state index < -0.39 is 33.7 Å². The van der Waals surface area contributed by atoms with Crippen LogP contribution in [-0.2, 0) is 25.7 Å². The van der Waals surface area contributed by atoms with Gasteiger partial charge in [-0.25, -0.2) is 13.9 Å². The highest BCUT2D eigenvalue weighted by atomic mass is 32.2. The summed E-state index contributed by atoms with van der Waals surface area (Å²) in [6, 6.07) is 8.94. The van der Waals surface area contributed by atoms with Crippen LogP contribution in [0.5, 0.6) is 11.5 Å². The number of amides is 1. The van der Waals surface area contributed by atoms with Gasteiger partial charge in [-0.1, -0.05) is 0 Å². The molecular formula is C23H28F3N3O6S. The normalized spacial score (nSPS) is 17.6. The molecule has 1 aliphatic rings. The van der Waals surface area contributed by atoms with E-state index in [1.54, 1.807) is 5.48 Å². The summed E-state index contributed by atoms with van der Waals surface area (Å²) in [5.74, 6) is -0.293. The van der Waals surface area contributed by atoms with Gasteiger partial charge in [-0.05, 0) is 67.9 Å². The van der Waals surface area contributed by atoms with E-state index >= 15 is 0 Å². The van der Waals surface area contributed by atoms with E-state index in [1.165, 1.54) is 43.5 Å². The molecule has 3 rings (SSSR count). The Morgan fingerprint density at radius 2 is 1.75 bits per heavy atom. The Balaban J connectivity index is 1.81. The lowest BCUT2D eigenvalue weighted by atomic mass is 10.1. The highest BCUT2D eigenvalue weighted by Gasteiger charge is 2.37. The van der Waals surface area contributed by atoms with Gasteiger partial charge in [0.1, 0.15) is 17.5 Å². The van der Waals surface area contributed by atoms with E-state index in [2.05, 4.69) is 0 Å². The molecule has 1 fully saturated rings. The molecule has 198 valence electrons. The van der Waals surface area contributed by atoms with Crippen molar-refractivity contribution in [3.8, 4) is 11.5 Å². The summed E-state index contributed by atoms with van der Waals surface area (Å²) in [5, 5.41) is 9.30. The number of carbonyl (C=O) groups excluding carboxylic acids is 1. The number of rotatable bonds is 10. The lowest BCUT2D eigenvalue weighted by Crippen LogP contribution is -2.55. The van der Waals surface area contributed by atoms with Crippen LogP contribution in [0, 0.1) is 0 Å². The minimum absolute atomic E-state index is 0.113. The number of ether oxygens (including phenoxy) is 2. The fraction of sp³-hybridized carbons (Fsp3) is 0.435. The summed E-state index contributed by atoms with van der Waals surface area (Å²) < 4.78 is 75.4. The van der Waals surface area contributed by atoms with Crippen molar-refractivity contribution in [3.63, 3.8) is 0 Å². The Kier molecular flexibility index (Phi) is 8.82. The molecule has 0 saturated carbocycles. The topological polar surface area (TPSA) is 108 Å². The van der Waals surface area contributed by atoms with Gasteiger partial charge in [0.15, 0.2) is 0 Å². The molecule has 0 aliphatic carbocycles.